The maximum atomic E-state index is 3.57. The third-order valence-electron chi connectivity index (χ3n) is 3.15. The van der Waals surface area contributed by atoms with Crippen LogP contribution in [0.1, 0.15) is 31.7 Å². The molecule has 1 aromatic rings. The van der Waals surface area contributed by atoms with Crippen LogP contribution in [0.2, 0.25) is 0 Å². The van der Waals surface area contributed by atoms with Crippen molar-refractivity contribution < 1.29 is 0 Å². The Morgan fingerprint density at radius 3 is 3.12 bits per heavy atom. The molecule has 2 nitrogen and oxygen atoms in total. The van der Waals surface area contributed by atoms with Crippen LogP contribution in [0.5, 0.6) is 0 Å². The van der Waals surface area contributed by atoms with Crippen LogP contribution in [0, 0.1) is 0 Å². The molecule has 2 heterocycles. The van der Waals surface area contributed by atoms with Crippen LogP contribution in [0.3, 0.4) is 0 Å². The van der Waals surface area contributed by atoms with Crippen LogP contribution >= 0.6 is 11.8 Å². The van der Waals surface area contributed by atoms with Crippen LogP contribution in [-0.2, 0) is 13.1 Å². The van der Waals surface area contributed by atoms with Crippen LogP contribution in [0.4, 0.5) is 0 Å². The number of aryl methyl sites for hydroxylation is 1. The molecular formula is C13H22N2S. The number of aromatic nitrogens is 1. The molecule has 1 saturated heterocycles. The summed E-state index contributed by atoms with van der Waals surface area (Å²) in [4.78, 5) is 0. The molecule has 1 atom stereocenters. The van der Waals surface area contributed by atoms with Crippen LogP contribution < -0.4 is 5.32 Å². The Hall–Kier alpha value is -0.410. The molecule has 1 aromatic heterocycles. The average Bonchev–Trinajstić information content (AvgIpc) is 2.78. The van der Waals surface area contributed by atoms with Crippen molar-refractivity contribution in [2.24, 2.45) is 0 Å². The minimum atomic E-state index is 0.849. The fraction of sp³-hybridized carbons (Fsp3) is 0.692. The molecular weight excluding hydrogens is 216 g/mol. The van der Waals surface area contributed by atoms with E-state index in [1.54, 1.807) is 0 Å². The monoisotopic (exact) mass is 238 g/mol. The van der Waals surface area contributed by atoms with Gasteiger partial charge in [0.05, 0.1) is 0 Å². The Kier molecular flexibility index (Phi) is 4.79. The molecule has 2 rings (SSSR count). The van der Waals surface area contributed by atoms with E-state index in [0.717, 1.165) is 18.3 Å². The number of hydrogen-bond donors (Lipinski definition) is 1. The highest BCUT2D eigenvalue weighted by molar-refractivity contribution is 7.99. The SMILES string of the molecule is CCn1ccc(CNCC2CCCCS2)c1. The lowest BCUT2D eigenvalue weighted by Gasteiger charge is -2.21. The molecule has 3 heteroatoms. The van der Waals surface area contributed by atoms with Gasteiger partial charge in [0.15, 0.2) is 0 Å². The van der Waals surface area contributed by atoms with E-state index in [1.165, 1.54) is 37.1 Å². The summed E-state index contributed by atoms with van der Waals surface area (Å²) in [6.45, 7) is 5.43. The summed E-state index contributed by atoms with van der Waals surface area (Å²) in [7, 11) is 0. The Balaban J connectivity index is 1.66. The second-order valence-corrected chi connectivity index (χ2v) is 5.88. The van der Waals surface area contributed by atoms with E-state index in [4.69, 9.17) is 0 Å². The number of hydrogen-bond acceptors (Lipinski definition) is 2. The van der Waals surface area contributed by atoms with Crippen molar-refractivity contribution >= 4 is 11.8 Å². The zero-order valence-electron chi connectivity index (χ0n) is 10.1. The van der Waals surface area contributed by atoms with Gasteiger partial charge in [0.2, 0.25) is 0 Å². The van der Waals surface area contributed by atoms with Crippen LogP contribution in [0.25, 0.3) is 0 Å². The molecule has 0 saturated carbocycles. The molecule has 0 radical (unpaired) electrons. The quantitative estimate of drug-likeness (QED) is 0.849. The van der Waals surface area contributed by atoms with Gasteiger partial charge in [-0.05, 0) is 37.1 Å². The maximum absolute atomic E-state index is 3.57. The van der Waals surface area contributed by atoms with Crippen molar-refractivity contribution in [2.45, 2.75) is 44.5 Å². The van der Waals surface area contributed by atoms with E-state index < -0.39 is 0 Å². The van der Waals surface area contributed by atoms with E-state index in [-0.39, 0.29) is 0 Å². The predicted molar refractivity (Wildman–Crippen MR) is 71.9 cm³/mol. The Bertz CT molecular complexity index is 303. The Morgan fingerprint density at radius 1 is 1.50 bits per heavy atom. The smallest absolute Gasteiger partial charge is 0.0220 e. The summed E-state index contributed by atoms with van der Waals surface area (Å²) < 4.78 is 2.23. The van der Waals surface area contributed by atoms with Crippen LogP contribution in [-0.4, -0.2) is 22.1 Å². The van der Waals surface area contributed by atoms with E-state index in [9.17, 15) is 0 Å². The summed E-state index contributed by atoms with van der Waals surface area (Å²) in [6, 6.07) is 2.21. The first-order valence-electron chi connectivity index (χ1n) is 6.35. The minimum absolute atomic E-state index is 0.849. The predicted octanol–water partition coefficient (Wildman–Crippen LogP) is 2.88. The first kappa shape index (κ1) is 12.1. The molecule has 1 N–H and O–H groups in total. The van der Waals surface area contributed by atoms with Crippen molar-refractivity contribution in [1.29, 1.82) is 0 Å². The van der Waals surface area contributed by atoms with Crippen LogP contribution in [0.15, 0.2) is 18.5 Å². The molecule has 0 aromatic carbocycles. The van der Waals surface area contributed by atoms with Crippen molar-refractivity contribution in [3.05, 3.63) is 24.0 Å². The standard InChI is InChI=1S/C13H22N2S/c1-2-15-7-6-12(11-15)9-14-10-13-5-3-4-8-16-13/h6-7,11,13-14H,2-5,8-10H2,1H3. The van der Waals surface area contributed by atoms with Crippen molar-refractivity contribution in [3.8, 4) is 0 Å². The Morgan fingerprint density at radius 2 is 2.44 bits per heavy atom. The lowest BCUT2D eigenvalue weighted by Crippen LogP contribution is -2.26. The second kappa shape index (κ2) is 6.36. The molecule has 0 spiro atoms. The average molecular weight is 238 g/mol. The van der Waals surface area contributed by atoms with Gasteiger partial charge in [-0.15, -0.1) is 0 Å². The number of rotatable bonds is 5. The van der Waals surface area contributed by atoms with E-state index in [2.05, 4.69) is 47.0 Å². The van der Waals surface area contributed by atoms with E-state index in [0.29, 0.717) is 0 Å². The highest BCUT2D eigenvalue weighted by atomic mass is 32.2. The fourth-order valence-electron chi connectivity index (χ4n) is 2.14. The summed E-state index contributed by atoms with van der Waals surface area (Å²) >= 11 is 2.14. The fourth-order valence-corrected chi connectivity index (χ4v) is 3.41. The first-order chi connectivity index (χ1) is 7.88. The van der Waals surface area contributed by atoms with Gasteiger partial charge in [0.25, 0.3) is 0 Å². The van der Waals surface area contributed by atoms with Gasteiger partial charge in [-0.3, -0.25) is 0 Å². The van der Waals surface area contributed by atoms with Crippen molar-refractivity contribution in [3.63, 3.8) is 0 Å². The molecule has 1 aliphatic rings. The molecule has 90 valence electrons. The summed E-state index contributed by atoms with van der Waals surface area (Å²) in [6.07, 6.45) is 8.63. The van der Waals surface area contributed by atoms with Gasteiger partial charge < -0.3 is 9.88 Å². The zero-order chi connectivity index (χ0) is 11.2. The molecule has 1 aliphatic heterocycles. The number of nitrogens with one attached hydrogen (secondary N) is 1. The molecule has 1 fully saturated rings. The second-order valence-electron chi connectivity index (χ2n) is 4.47. The zero-order valence-corrected chi connectivity index (χ0v) is 10.9. The lowest BCUT2D eigenvalue weighted by atomic mass is 10.2. The lowest BCUT2D eigenvalue weighted by molar-refractivity contribution is 0.597. The topological polar surface area (TPSA) is 17.0 Å². The molecule has 0 aliphatic carbocycles. The van der Waals surface area contributed by atoms with Gasteiger partial charge >= 0.3 is 0 Å². The molecule has 1 unspecified atom stereocenters. The van der Waals surface area contributed by atoms with Gasteiger partial charge in [0.1, 0.15) is 0 Å². The van der Waals surface area contributed by atoms with Gasteiger partial charge in [0, 0.05) is 37.3 Å². The third kappa shape index (κ3) is 3.56. The van der Waals surface area contributed by atoms with E-state index >= 15 is 0 Å². The largest absolute Gasteiger partial charge is 0.354 e. The summed E-state index contributed by atoms with van der Waals surface area (Å²) in [5, 5.41) is 4.42. The van der Waals surface area contributed by atoms with Gasteiger partial charge in [-0.25, -0.2) is 0 Å². The third-order valence-corrected chi connectivity index (χ3v) is 4.55. The van der Waals surface area contributed by atoms with Crippen molar-refractivity contribution in [1.82, 2.24) is 9.88 Å². The maximum Gasteiger partial charge on any atom is 0.0220 e. The molecule has 0 bridgehead atoms. The van der Waals surface area contributed by atoms with E-state index in [1.807, 2.05) is 0 Å². The molecule has 16 heavy (non-hydrogen) atoms. The van der Waals surface area contributed by atoms with Gasteiger partial charge in [-0.2, -0.15) is 11.8 Å². The number of nitrogens with zero attached hydrogens (tertiary/aromatic N) is 1. The highest BCUT2D eigenvalue weighted by Crippen LogP contribution is 2.24. The first-order valence-corrected chi connectivity index (χ1v) is 7.40. The van der Waals surface area contributed by atoms with Gasteiger partial charge in [-0.1, -0.05) is 6.42 Å². The Labute approximate surface area is 103 Å². The summed E-state index contributed by atoms with van der Waals surface area (Å²) in [5.74, 6) is 1.36. The minimum Gasteiger partial charge on any atom is -0.354 e. The number of thioether (sulfide) groups is 1. The summed E-state index contributed by atoms with van der Waals surface area (Å²) in [5.41, 5.74) is 1.41. The van der Waals surface area contributed by atoms with Crippen molar-refractivity contribution in [2.75, 3.05) is 12.3 Å². The normalized spacial score (nSPS) is 21.2. The highest BCUT2D eigenvalue weighted by Gasteiger charge is 2.12. The molecule has 0 amide bonds.